The van der Waals surface area contributed by atoms with Crippen LogP contribution in [-0.2, 0) is 0 Å². The smallest absolute Gasteiger partial charge is 0.170 e. The maximum absolute atomic E-state index is 5.46. The number of hydrogen-bond acceptors (Lipinski definition) is 2. The van der Waals surface area contributed by atoms with Crippen molar-refractivity contribution in [2.75, 3.05) is 19.8 Å². The summed E-state index contributed by atoms with van der Waals surface area (Å²) in [6.07, 6.45) is 5.31. The molecule has 0 spiro atoms. The summed E-state index contributed by atoms with van der Waals surface area (Å²) >= 11 is 5.46. The standard InChI is InChI=1S/C12H23N3S/c1-3-14(4-2)9-15-11-8-6-5-7-10(11)13-12(15)16/h10-11H,3-9H2,1-2H3,(H,13,16)/t10-,11-/m0/s1. The van der Waals surface area contributed by atoms with Crippen LogP contribution in [-0.4, -0.2) is 46.8 Å². The topological polar surface area (TPSA) is 18.5 Å². The van der Waals surface area contributed by atoms with Crippen LogP contribution in [0.15, 0.2) is 0 Å². The summed E-state index contributed by atoms with van der Waals surface area (Å²) in [4.78, 5) is 4.84. The van der Waals surface area contributed by atoms with Gasteiger partial charge in [-0.2, -0.15) is 0 Å². The minimum absolute atomic E-state index is 0.622. The molecule has 0 radical (unpaired) electrons. The van der Waals surface area contributed by atoms with Crippen LogP contribution >= 0.6 is 12.2 Å². The van der Waals surface area contributed by atoms with Crippen molar-refractivity contribution in [3.8, 4) is 0 Å². The van der Waals surface area contributed by atoms with Crippen molar-refractivity contribution in [3.63, 3.8) is 0 Å². The van der Waals surface area contributed by atoms with Gasteiger partial charge in [0.2, 0.25) is 0 Å². The van der Waals surface area contributed by atoms with Gasteiger partial charge in [-0.1, -0.05) is 26.7 Å². The molecule has 92 valence electrons. The van der Waals surface area contributed by atoms with Crippen molar-refractivity contribution in [3.05, 3.63) is 0 Å². The van der Waals surface area contributed by atoms with E-state index >= 15 is 0 Å². The molecule has 2 aliphatic rings. The molecule has 1 aliphatic carbocycles. The third kappa shape index (κ3) is 2.33. The maximum atomic E-state index is 5.46. The van der Waals surface area contributed by atoms with E-state index in [2.05, 4.69) is 29.0 Å². The Morgan fingerprint density at radius 3 is 2.69 bits per heavy atom. The predicted octanol–water partition coefficient (Wildman–Crippen LogP) is 1.79. The summed E-state index contributed by atoms with van der Waals surface area (Å²) in [5.41, 5.74) is 0. The molecule has 1 N–H and O–H groups in total. The van der Waals surface area contributed by atoms with Crippen molar-refractivity contribution in [1.29, 1.82) is 0 Å². The average Bonchev–Trinajstić information content (AvgIpc) is 2.62. The van der Waals surface area contributed by atoms with Gasteiger partial charge in [-0.25, -0.2) is 0 Å². The van der Waals surface area contributed by atoms with Gasteiger partial charge in [-0.05, 0) is 38.1 Å². The van der Waals surface area contributed by atoms with E-state index in [1.165, 1.54) is 25.7 Å². The van der Waals surface area contributed by atoms with Gasteiger partial charge in [0.1, 0.15) is 0 Å². The fourth-order valence-electron chi connectivity index (χ4n) is 2.85. The molecule has 4 heteroatoms. The summed E-state index contributed by atoms with van der Waals surface area (Å²) in [5, 5.41) is 4.47. The molecular formula is C12H23N3S. The number of nitrogens with zero attached hydrogens (tertiary/aromatic N) is 2. The second kappa shape index (κ2) is 5.32. The maximum Gasteiger partial charge on any atom is 0.170 e. The van der Waals surface area contributed by atoms with Gasteiger partial charge < -0.3 is 10.2 Å². The van der Waals surface area contributed by atoms with E-state index < -0.39 is 0 Å². The lowest BCUT2D eigenvalue weighted by Gasteiger charge is -2.34. The summed E-state index contributed by atoms with van der Waals surface area (Å²) in [7, 11) is 0. The Kier molecular flexibility index (Phi) is 4.03. The largest absolute Gasteiger partial charge is 0.358 e. The number of thiocarbonyl (C=S) groups is 1. The number of rotatable bonds is 4. The SMILES string of the molecule is CCN(CC)CN1C(=S)N[C@H]2CCCC[C@@H]21. The molecule has 0 aromatic heterocycles. The molecule has 3 nitrogen and oxygen atoms in total. The van der Waals surface area contributed by atoms with Crippen LogP contribution < -0.4 is 5.32 Å². The molecule has 2 rings (SSSR count). The quantitative estimate of drug-likeness (QED) is 0.756. The Bertz CT molecular complexity index is 253. The molecule has 2 fully saturated rings. The highest BCUT2D eigenvalue weighted by Gasteiger charge is 2.38. The third-order valence-electron chi connectivity index (χ3n) is 3.95. The van der Waals surface area contributed by atoms with Crippen LogP contribution in [0.25, 0.3) is 0 Å². The normalized spacial score (nSPS) is 29.4. The van der Waals surface area contributed by atoms with Crippen molar-refractivity contribution in [2.45, 2.75) is 51.6 Å². The summed E-state index contributed by atoms with van der Waals surface area (Å²) < 4.78 is 0. The molecule has 2 atom stereocenters. The lowest BCUT2D eigenvalue weighted by atomic mass is 9.91. The van der Waals surface area contributed by atoms with Crippen molar-refractivity contribution in [1.82, 2.24) is 15.1 Å². The predicted molar refractivity (Wildman–Crippen MR) is 71.4 cm³/mol. The third-order valence-corrected chi connectivity index (χ3v) is 4.30. The zero-order valence-electron chi connectivity index (χ0n) is 10.4. The molecule has 0 unspecified atom stereocenters. The van der Waals surface area contributed by atoms with E-state index in [1.54, 1.807) is 0 Å². The first-order valence-electron chi connectivity index (χ1n) is 6.55. The fourth-order valence-corrected chi connectivity index (χ4v) is 3.20. The Morgan fingerprint density at radius 1 is 1.31 bits per heavy atom. The molecule has 0 aromatic carbocycles. The lowest BCUT2D eigenvalue weighted by Crippen LogP contribution is -2.45. The minimum Gasteiger partial charge on any atom is -0.358 e. The number of nitrogens with one attached hydrogen (secondary N) is 1. The minimum atomic E-state index is 0.622. The van der Waals surface area contributed by atoms with E-state index in [1.807, 2.05) is 0 Å². The van der Waals surface area contributed by atoms with Crippen molar-refractivity contribution >= 4 is 17.3 Å². The monoisotopic (exact) mass is 241 g/mol. The van der Waals surface area contributed by atoms with Crippen LogP contribution in [0.1, 0.15) is 39.5 Å². The molecule has 16 heavy (non-hydrogen) atoms. The van der Waals surface area contributed by atoms with Crippen molar-refractivity contribution in [2.24, 2.45) is 0 Å². The van der Waals surface area contributed by atoms with Gasteiger partial charge in [0.25, 0.3) is 0 Å². The van der Waals surface area contributed by atoms with E-state index in [9.17, 15) is 0 Å². The number of fused-ring (bicyclic) bond motifs is 1. The van der Waals surface area contributed by atoms with Gasteiger partial charge in [0, 0.05) is 6.04 Å². The van der Waals surface area contributed by atoms with Crippen LogP contribution in [0.3, 0.4) is 0 Å². The lowest BCUT2D eigenvalue weighted by molar-refractivity contribution is 0.154. The second-order valence-electron chi connectivity index (χ2n) is 4.82. The van der Waals surface area contributed by atoms with Gasteiger partial charge in [0.15, 0.2) is 5.11 Å². The average molecular weight is 241 g/mol. The Hall–Kier alpha value is -0.350. The van der Waals surface area contributed by atoms with Gasteiger partial charge >= 0.3 is 0 Å². The second-order valence-corrected chi connectivity index (χ2v) is 5.21. The van der Waals surface area contributed by atoms with Crippen LogP contribution in [0.4, 0.5) is 0 Å². The fraction of sp³-hybridized carbons (Fsp3) is 0.917. The first-order valence-corrected chi connectivity index (χ1v) is 6.96. The van der Waals surface area contributed by atoms with Crippen molar-refractivity contribution < 1.29 is 0 Å². The van der Waals surface area contributed by atoms with E-state index in [0.717, 1.165) is 24.9 Å². The molecule has 0 aromatic rings. The Labute approximate surface area is 104 Å². The van der Waals surface area contributed by atoms with Gasteiger partial charge in [-0.15, -0.1) is 0 Å². The Balaban J connectivity index is 1.99. The first kappa shape index (κ1) is 12.1. The van der Waals surface area contributed by atoms with Gasteiger partial charge in [-0.3, -0.25) is 4.90 Å². The molecule has 0 bridgehead atoms. The van der Waals surface area contributed by atoms with E-state index in [-0.39, 0.29) is 0 Å². The molecule has 0 amide bonds. The number of hydrogen-bond donors (Lipinski definition) is 1. The summed E-state index contributed by atoms with van der Waals surface area (Å²) in [5.74, 6) is 0. The molecular weight excluding hydrogens is 218 g/mol. The summed E-state index contributed by atoms with van der Waals surface area (Å²) in [6, 6.07) is 1.28. The van der Waals surface area contributed by atoms with Gasteiger partial charge in [0.05, 0.1) is 12.7 Å². The Morgan fingerprint density at radius 2 is 2.00 bits per heavy atom. The zero-order valence-corrected chi connectivity index (χ0v) is 11.2. The van der Waals surface area contributed by atoms with E-state index in [4.69, 9.17) is 12.2 Å². The molecule has 1 saturated heterocycles. The molecule has 1 aliphatic heterocycles. The zero-order chi connectivity index (χ0) is 11.5. The first-order chi connectivity index (χ1) is 7.76. The highest BCUT2D eigenvalue weighted by molar-refractivity contribution is 7.80. The van der Waals surface area contributed by atoms with E-state index in [0.29, 0.717) is 12.1 Å². The van der Waals surface area contributed by atoms with Crippen LogP contribution in [0.5, 0.6) is 0 Å². The highest BCUT2D eigenvalue weighted by Crippen LogP contribution is 2.28. The molecule has 1 heterocycles. The summed E-state index contributed by atoms with van der Waals surface area (Å²) in [6.45, 7) is 7.64. The highest BCUT2D eigenvalue weighted by atomic mass is 32.1. The van der Waals surface area contributed by atoms with Crippen LogP contribution in [0.2, 0.25) is 0 Å². The van der Waals surface area contributed by atoms with Crippen LogP contribution in [0, 0.1) is 0 Å². The molecule has 1 saturated carbocycles.